The van der Waals surface area contributed by atoms with Crippen molar-refractivity contribution < 1.29 is 4.79 Å². The molecule has 17 heavy (non-hydrogen) atoms. The Morgan fingerprint density at radius 2 is 2.29 bits per heavy atom. The summed E-state index contributed by atoms with van der Waals surface area (Å²) in [6.45, 7) is 5.29. The largest absolute Gasteiger partial charge is 0.352 e. The van der Waals surface area contributed by atoms with E-state index >= 15 is 0 Å². The van der Waals surface area contributed by atoms with Crippen LogP contribution in [0.1, 0.15) is 58.8 Å². The topological polar surface area (TPSA) is 41.1 Å². The third-order valence-electron chi connectivity index (χ3n) is 4.12. The lowest BCUT2D eigenvalue weighted by Crippen LogP contribution is -2.55. The van der Waals surface area contributed by atoms with Gasteiger partial charge in [-0.25, -0.2) is 0 Å². The van der Waals surface area contributed by atoms with Crippen LogP contribution in [0.3, 0.4) is 0 Å². The Kier molecular flexibility index (Phi) is 4.08. The van der Waals surface area contributed by atoms with E-state index in [1.54, 1.807) is 0 Å². The van der Waals surface area contributed by atoms with Crippen LogP contribution < -0.4 is 10.6 Å². The van der Waals surface area contributed by atoms with Crippen molar-refractivity contribution >= 4 is 5.91 Å². The molecule has 1 aliphatic heterocycles. The molecule has 3 heteroatoms. The molecule has 0 bridgehead atoms. The molecule has 1 saturated heterocycles. The first-order valence-electron chi connectivity index (χ1n) is 7.22. The summed E-state index contributed by atoms with van der Waals surface area (Å²) in [5.74, 6) is 1.12. The molecule has 0 aromatic carbocycles. The lowest BCUT2D eigenvalue weighted by atomic mass is 9.90. The van der Waals surface area contributed by atoms with Crippen molar-refractivity contribution in [1.29, 1.82) is 0 Å². The highest BCUT2D eigenvalue weighted by atomic mass is 16.2. The Balaban J connectivity index is 1.86. The van der Waals surface area contributed by atoms with Crippen LogP contribution in [0, 0.1) is 5.92 Å². The Morgan fingerprint density at radius 1 is 1.53 bits per heavy atom. The number of hydrogen-bond donors (Lipinski definition) is 2. The third-order valence-corrected chi connectivity index (χ3v) is 4.12. The van der Waals surface area contributed by atoms with Gasteiger partial charge in [-0.15, -0.1) is 0 Å². The molecule has 1 aliphatic carbocycles. The van der Waals surface area contributed by atoms with Crippen molar-refractivity contribution in [3.05, 3.63) is 0 Å². The van der Waals surface area contributed by atoms with Gasteiger partial charge in [0.05, 0.1) is 5.54 Å². The second-order valence-corrected chi connectivity index (χ2v) is 5.92. The molecular weight excluding hydrogens is 212 g/mol. The first-order chi connectivity index (χ1) is 8.16. The quantitative estimate of drug-likeness (QED) is 0.745. The van der Waals surface area contributed by atoms with E-state index in [1.165, 1.54) is 12.8 Å². The van der Waals surface area contributed by atoms with Crippen LogP contribution in [-0.4, -0.2) is 24.0 Å². The predicted molar refractivity (Wildman–Crippen MR) is 69.8 cm³/mol. The minimum absolute atomic E-state index is 0.241. The monoisotopic (exact) mass is 238 g/mol. The molecule has 98 valence electrons. The average molecular weight is 238 g/mol. The summed E-state index contributed by atoms with van der Waals surface area (Å²) in [5, 5.41) is 6.65. The maximum atomic E-state index is 12.4. The fourth-order valence-electron chi connectivity index (χ4n) is 3.03. The van der Waals surface area contributed by atoms with E-state index in [1.807, 2.05) is 0 Å². The SMILES string of the molecule is CCCC1(C(=O)NC(C)CC2CC2)CCCN1. The summed E-state index contributed by atoms with van der Waals surface area (Å²) in [5.41, 5.74) is -0.257. The number of hydrogen-bond acceptors (Lipinski definition) is 2. The van der Waals surface area contributed by atoms with E-state index in [0.29, 0.717) is 6.04 Å². The van der Waals surface area contributed by atoms with Crippen molar-refractivity contribution in [3.63, 3.8) is 0 Å². The van der Waals surface area contributed by atoms with Gasteiger partial charge in [-0.2, -0.15) is 0 Å². The zero-order valence-corrected chi connectivity index (χ0v) is 11.2. The maximum Gasteiger partial charge on any atom is 0.240 e. The molecule has 2 rings (SSSR count). The fraction of sp³-hybridized carbons (Fsp3) is 0.929. The van der Waals surface area contributed by atoms with Crippen LogP contribution in [0.15, 0.2) is 0 Å². The standard InChI is InChI=1S/C14H26N2O/c1-3-7-14(8-4-9-15-14)13(17)16-11(2)10-12-5-6-12/h11-12,15H,3-10H2,1-2H3,(H,16,17). The lowest BCUT2D eigenvalue weighted by molar-refractivity contribution is -0.128. The van der Waals surface area contributed by atoms with Crippen molar-refractivity contribution in [1.82, 2.24) is 10.6 Å². The number of carbonyl (C=O) groups is 1. The zero-order chi connectivity index (χ0) is 12.3. The van der Waals surface area contributed by atoms with Gasteiger partial charge in [0, 0.05) is 6.04 Å². The maximum absolute atomic E-state index is 12.4. The van der Waals surface area contributed by atoms with Gasteiger partial charge in [-0.05, 0) is 45.1 Å². The molecule has 1 heterocycles. The summed E-state index contributed by atoms with van der Waals surface area (Å²) in [7, 11) is 0. The number of rotatable bonds is 6. The van der Waals surface area contributed by atoms with E-state index < -0.39 is 0 Å². The molecule has 2 fully saturated rings. The average Bonchev–Trinajstić information content (AvgIpc) is 2.95. The van der Waals surface area contributed by atoms with Crippen molar-refractivity contribution in [2.24, 2.45) is 5.92 Å². The van der Waals surface area contributed by atoms with Crippen LogP contribution in [-0.2, 0) is 4.79 Å². The van der Waals surface area contributed by atoms with Gasteiger partial charge in [0.15, 0.2) is 0 Å². The summed E-state index contributed by atoms with van der Waals surface area (Å²) in [4.78, 5) is 12.4. The molecule has 1 amide bonds. The van der Waals surface area contributed by atoms with E-state index in [2.05, 4.69) is 24.5 Å². The van der Waals surface area contributed by atoms with Crippen molar-refractivity contribution in [3.8, 4) is 0 Å². The Labute approximate surface area is 105 Å². The van der Waals surface area contributed by atoms with Crippen LogP contribution in [0.4, 0.5) is 0 Å². The molecule has 2 unspecified atom stereocenters. The van der Waals surface area contributed by atoms with E-state index in [4.69, 9.17) is 0 Å². The molecular formula is C14H26N2O. The normalized spacial score (nSPS) is 30.2. The second-order valence-electron chi connectivity index (χ2n) is 5.92. The van der Waals surface area contributed by atoms with E-state index in [9.17, 15) is 4.79 Å². The summed E-state index contributed by atoms with van der Waals surface area (Å²) in [6, 6.07) is 0.339. The highest BCUT2D eigenvalue weighted by molar-refractivity contribution is 5.86. The van der Waals surface area contributed by atoms with Gasteiger partial charge in [0.25, 0.3) is 0 Å². The van der Waals surface area contributed by atoms with Gasteiger partial charge in [0.1, 0.15) is 0 Å². The molecule has 0 spiro atoms. The second kappa shape index (κ2) is 5.38. The van der Waals surface area contributed by atoms with Gasteiger partial charge in [-0.3, -0.25) is 4.79 Å². The predicted octanol–water partition coefficient (Wildman–Crippen LogP) is 2.21. The minimum Gasteiger partial charge on any atom is -0.352 e. The van der Waals surface area contributed by atoms with Gasteiger partial charge < -0.3 is 10.6 Å². The highest BCUT2D eigenvalue weighted by Gasteiger charge is 2.40. The first-order valence-corrected chi connectivity index (χ1v) is 7.22. The molecule has 2 aliphatic rings. The van der Waals surface area contributed by atoms with Gasteiger partial charge in [-0.1, -0.05) is 26.2 Å². The molecule has 2 N–H and O–H groups in total. The van der Waals surface area contributed by atoms with Crippen LogP contribution in [0.5, 0.6) is 0 Å². The molecule has 1 saturated carbocycles. The van der Waals surface area contributed by atoms with Crippen molar-refractivity contribution in [2.45, 2.75) is 70.4 Å². The molecule has 3 nitrogen and oxygen atoms in total. The first kappa shape index (κ1) is 12.9. The van der Waals surface area contributed by atoms with E-state index in [-0.39, 0.29) is 11.4 Å². The minimum atomic E-state index is -0.257. The van der Waals surface area contributed by atoms with Crippen LogP contribution >= 0.6 is 0 Å². The molecule has 0 aromatic heterocycles. The Morgan fingerprint density at radius 3 is 2.82 bits per heavy atom. The Bertz CT molecular complexity index is 267. The smallest absolute Gasteiger partial charge is 0.240 e. The van der Waals surface area contributed by atoms with Crippen LogP contribution in [0.2, 0.25) is 0 Å². The van der Waals surface area contributed by atoms with Gasteiger partial charge >= 0.3 is 0 Å². The van der Waals surface area contributed by atoms with Crippen molar-refractivity contribution in [2.75, 3.05) is 6.54 Å². The lowest BCUT2D eigenvalue weighted by Gasteiger charge is -2.29. The fourth-order valence-corrected chi connectivity index (χ4v) is 3.03. The number of carbonyl (C=O) groups excluding carboxylic acids is 1. The summed E-state index contributed by atoms with van der Waals surface area (Å²) >= 11 is 0. The Hall–Kier alpha value is -0.570. The number of nitrogens with one attached hydrogen (secondary N) is 2. The molecule has 0 aromatic rings. The third kappa shape index (κ3) is 3.21. The summed E-state index contributed by atoms with van der Waals surface area (Å²) < 4.78 is 0. The van der Waals surface area contributed by atoms with Gasteiger partial charge in [0.2, 0.25) is 5.91 Å². The molecule has 0 radical (unpaired) electrons. The molecule has 2 atom stereocenters. The van der Waals surface area contributed by atoms with Crippen LogP contribution in [0.25, 0.3) is 0 Å². The highest BCUT2D eigenvalue weighted by Crippen LogP contribution is 2.33. The number of amides is 1. The zero-order valence-electron chi connectivity index (χ0n) is 11.2. The summed E-state index contributed by atoms with van der Waals surface area (Å²) in [6.07, 6.45) is 8.05. The van der Waals surface area contributed by atoms with E-state index in [0.717, 1.165) is 44.6 Å².